The number of aryl methyl sites for hydroxylation is 2. The Hall–Kier alpha value is -1.98. The molecule has 0 unspecified atom stereocenters. The van der Waals surface area contributed by atoms with Crippen LogP contribution in [0.2, 0.25) is 0 Å². The maximum Gasteiger partial charge on any atom is 0.495 e. The molecule has 0 atom stereocenters. The Morgan fingerprint density at radius 1 is 0.800 bits per heavy atom. The molecular formula is C20H23BN2O2. The lowest BCUT2D eigenvalue weighted by molar-refractivity contribution is 0.00578. The van der Waals surface area contributed by atoms with Gasteiger partial charge in [0, 0.05) is 22.2 Å². The molecule has 0 N–H and O–H groups in total. The summed E-state index contributed by atoms with van der Waals surface area (Å²) in [4.78, 5) is 9.50. The van der Waals surface area contributed by atoms with Crippen LogP contribution < -0.4 is 5.46 Å². The van der Waals surface area contributed by atoms with Gasteiger partial charge in [0.1, 0.15) is 0 Å². The second kappa shape index (κ2) is 5.26. The van der Waals surface area contributed by atoms with E-state index in [2.05, 4.69) is 52.0 Å². The SMILES string of the molecule is Cc1ccc2ccc3c(B4OC(C)(C)C(C)(C)O4)cc(C)nc3c2n1. The van der Waals surface area contributed by atoms with Gasteiger partial charge in [0.25, 0.3) is 0 Å². The largest absolute Gasteiger partial charge is 0.495 e. The summed E-state index contributed by atoms with van der Waals surface area (Å²) in [5.41, 5.74) is 4.05. The molecule has 4 nitrogen and oxygen atoms in total. The molecule has 0 saturated carbocycles. The number of fused-ring (bicyclic) bond motifs is 3. The zero-order chi connectivity index (χ0) is 18.0. The summed E-state index contributed by atoms with van der Waals surface area (Å²) in [5, 5.41) is 2.13. The minimum absolute atomic E-state index is 0.368. The molecule has 2 aromatic heterocycles. The lowest BCUT2D eigenvalue weighted by Gasteiger charge is -2.32. The molecule has 1 fully saturated rings. The maximum absolute atomic E-state index is 6.28. The smallest absolute Gasteiger partial charge is 0.399 e. The van der Waals surface area contributed by atoms with Crippen LogP contribution in [0, 0.1) is 13.8 Å². The molecule has 3 heterocycles. The Balaban J connectivity index is 1.97. The average molecular weight is 334 g/mol. The van der Waals surface area contributed by atoms with E-state index < -0.39 is 7.12 Å². The predicted octanol–water partition coefficient (Wildman–Crippen LogP) is 3.70. The molecule has 0 amide bonds. The molecule has 25 heavy (non-hydrogen) atoms. The van der Waals surface area contributed by atoms with E-state index in [0.29, 0.717) is 0 Å². The molecule has 4 rings (SSSR count). The summed E-state index contributed by atoms with van der Waals surface area (Å²) in [6, 6.07) is 10.4. The number of rotatable bonds is 1. The number of aromatic nitrogens is 2. The van der Waals surface area contributed by atoms with Crippen LogP contribution in [-0.4, -0.2) is 28.3 Å². The Bertz CT molecular complexity index is 982. The number of pyridine rings is 2. The van der Waals surface area contributed by atoms with Gasteiger partial charge in [-0.05, 0) is 59.1 Å². The minimum atomic E-state index is -0.406. The van der Waals surface area contributed by atoms with Gasteiger partial charge in [-0.1, -0.05) is 18.2 Å². The molecule has 3 aromatic rings. The van der Waals surface area contributed by atoms with Gasteiger partial charge in [-0.3, -0.25) is 9.97 Å². The van der Waals surface area contributed by atoms with E-state index >= 15 is 0 Å². The summed E-state index contributed by atoms with van der Waals surface area (Å²) < 4.78 is 12.6. The molecule has 1 aliphatic rings. The third-order valence-electron chi connectivity index (χ3n) is 5.45. The van der Waals surface area contributed by atoms with Gasteiger partial charge in [-0.25, -0.2) is 0 Å². The fourth-order valence-corrected chi connectivity index (χ4v) is 3.29. The molecule has 0 bridgehead atoms. The first-order valence-electron chi connectivity index (χ1n) is 8.71. The Labute approximate surface area is 148 Å². The number of nitrogens with zero attached hydrogens (tertiary/aromatic N) is 2. The fraction of sp³-hybridized carbons (Fsp3) is 0.400. The summed E-state index contributed by atoms with van der Waals surface area (Å²) in [6.45, 7) is 12.3. The van der Waals surface area contributed by atoms with E-state index in [9.17, 15) is 0 Å². The molecule has 0 spiro atoms. The summed E-state index contributed by atoms with van der Waals surface area (Å²) >= 11 is 0. The standard InChI is InChI=1S/C20H23BN2O2/c1-12-7-8-14-9-10-15-16(11-13(2)23-18(15)17(14)22-12)21-24-19(3,4)20(5,6)25-21/h7-11H,1-6H3. The summed E-state index contributed by atoms with van der Waals surface area (Å²) in [6.07, 6.45) is 0. The van der Waals surface area contributed by atoms with E-state index in [1.165, 1.54) is 0 Å². The zero-order valence-corrected chi connectivity index (χ0v) is 15.7. The third kappa shape index (κ3) is 2.54. The van der Waals surface area contributed by atoms with Gasteiger partial charge in [-0.15, -0.1) is 0 Å². The Kier molecular flexibility index (Phi) is 3.47. The molecule has 1 aromatic carbocycles. The maximum atomic E-state index is 6.28. The van der Waals surface area contributed by atoms with Crippen LogP contribution in [0.15, 0.2) is 30.3 Å². The summed E-state index contributed by atoms with van der Waals surface area (Å²) in [5.74, 6) is 0. The molecule has 0 radical (unpaired) electrons. The van der Waals surface area contributed by atoms with E-state index in [0.717, 1.165) is 38.7 Å². The zero-order valence-electron chi connectivity index (χ0n) is 15.7. The highest BCUT2D eigenvalue weighted by Gasteiger charge is 2.52. The van der Waals surface area contributed by atoms with Crippen LogP contribution in [0.5, 0.6) is 0 Å². The van der Waals surface area contributed by atoms with Crippen molar-refractivity contribution in [3.8, 4) is 0 Å². The molecule has 128 valence electrons. The van der Waals surface area contributed by atoms with E-state index in [1.807, 2.05) is 19.9 Å². The van der Waals surface area contributed by atoms with Crippen LogP contribution in [0.4, 0.5) is 0 Å². The lowest BCUT2D eigenvalue weighted by atomic mass is 9.76. The summed E-state index contributed by atoms with van der Waals surface area (Å²) in [7, 11) is -0.406. The van der Waals surface area contributed by atoms with Crippen molar-refractivity contribution in [1.29, 1.82) is 0 Å². The second-order valence-corrected chi connectivity index (χ2v) is 7.93. The van der Waals surface area contributed by atoms with Crippen molar-refractivity contribution in [2.24, 2.45) is 0 Å². The van der Waals surface area contributed by atoms with Crippen molar-refractivity contribution in [3.05, 3.63) is 41.7 Å². The topological polar surface area (TPSA) is 44.2 Å². The highest BCUT2D eigenvalue weighted by atomic mass is 16.7. The van der Waals surface area contributed by atoms with E-state index in [-0.39, 0.29) is 11.2 Å². The predicted molar refractivity (Wildman–Crippen MR) is 102 cm³/mol. The number of hydrogen-bond acceptors (Lipinski definition) is 4. The third-order valence-corrected chi connectivity index (χ3v) is 5.45. The molecular weight excluding hydrogens is 311 g/mol. The number of benzene rings is 1. The van der Waals surface area contributed by atoms with Gasteiger partial charge >= 0.3 is 7.12 Å². The fourth-order valence-electron chi connectivity index (χ4n) is 3.29. The van der Waals surface area contributed by atoms with Crippen LogP contribution >= 0.6 is 0 Å². The molecule has 5 heteroatoms. The molecule has 1 saturated heterocycles. The van der Waals surface area contributed by atoms with Gasteiger partial charge in [-0.2, -0.15) is 0 Å². The van der Waals surface area contributed by atoms with Crippen molar-refractivity contribution >= 4 is 34.4 Å². The van der Waals surface area contributed by atoms with Gasteiger partial charge < -0.3 is 9.31 Å². The average Bonchev–Trinajstić information content (AvgIpc) is 2.74. The highest BCUT2D eigenvalue weighted by Crippen LogP contribution is 2.37. The van der Waals surface area contributed by atoms with Crippen molar-refractivity contribution in [2.75, 3.05) is 0 Å². The van der Waals surface area contributed by atoms with Crippen molar-refractivity contribution in [1.82, 2.24) is 9.97 Å². The first-order chi connectivity index (χ1) is 11.7. The van der Waals surface area contributed by atoms with Crippen LogP contribution in [0.25, 0.3) is 21.8 Å². The highest BCUT2D eigenvalue weighted by molar-refractivity contribution is 6.65. The van der Waals surface area contributed by atoms with Crippen molar-refractivity contribution in [3.63, 3.8) is 0 Å². The molecule has 0 aliphatic carbocycles. The number of hydrogen-bond donors (Lipinski definition) is 0. The monoisotopic (exact) mass is 334 g/mol. The Morgan fingerprint density at radius 2 is 1.40 bits per heavy atom. The second-order valence-electron chi connectivity index (χ2n) is 7.93. The first kappa shape index (κ1) is 16.5. The minimum Gasteiger partial charge on any atom is -0.399 e. The quantitative estimate of drug-likeness (QED) is 0.503. The van der Waals surface area contributed by atoms with Gasteiger partial charge in [0.2, 0.25) is 0 Å². The van der Waals surface area contributed by atoms with Crippen LogP contribution in [0.3, 0.4) is 0 Å². The van der Waals surface area contributed by atoms with E-state index in [1.54, 1.807) is 0 Å². The normalized spacial score (nSPS) is 19.0. The van der Waals surface area contributed by atoms with Crippen molar-refractivity contribution in [2.45, 2.75) is 52.7 Å². The van der Waals surface area contributed by atoms with Gasteiger partial charge in [0.15, 0.2) is 0 Å². The molecule has 1 aliphatic heterocycles. The van der Waals surface area contributed by atoms with Crippen LogP contribution in [0.1, 0.15) is 39.1 Å². The Morgan fingerprint density at radius 3 is 2.08 bits per heavy atom. The first-order valence-corrected chi connectivity index (χ1v) is 8.71. The van der Waals surface area contributed by atoms with Crippen LogP contribution in [-0.2, 0) is 9.31 Å². The van der Waals surface area contributed by atoms with Gasteiger partial charge in [0.05, 0.1) is 22.2 Å². The lowest BCUT2D eigenvalue weighted by Crippen LogP contribution is -2.41. The van der Waals surface area contributed by atoms with Crippen molar-refractivity contribution < 1.29 is 9.31 Å². The van der Waals surface area contributed by atoms with E-state index in [4.69, 9.17) is 19.3 Å².